The first-order chi connectivity index (χ1) is 17.5. The molecule has 3 rings (SSSR count). The molecule has 0 aliphatic rings. The van der Waals surface area contributed by atoms with Gasteiger partial charge in [0.15, 0.2) is 0 Å². The number of ether oxygens (including phenoxy) is 1. The van der Waals surface area contributed by atoms with Gasteiger partial charge in [-0.3, -0.25) is 25.2 Å². The van der Waals surface area contributed by atoms with Crippen LogP contribution in [0.15, 0.2) is 72.1 Å². The Labute approximate surface area is 213 Å². The van der Waals surface area contributed by atoms with Crippen molar-refractivity contribution in [2.24, 2.45) is 0 Å². The number of hydrogen-bond donors (Lipinski definition) is 4. The summed E-state index contributed by atoms with van der Waals surface area (Å²) < 4.78 is 5.13. The number of rotatable bonds is 11. The average Bonchev–Trinajstić information content (AvgIpc) is 3.44. The van der Waals surface area contributed by atoms with E-state index in [0.29, 0.717) is 30.0 Å². The molecule has 188 valence electrons. The summed E-state index contributed by atoms with van der Waals surface area (Å²) in [5, 5.41) is 7.19. The van der Waals surface area contributed by atoms with Crippen LogP contribution >= 0.6 is 11.3 Å². The Hall–Kier alpha value is -4.18. The van der Waals surface area contributed by atoms with Gasteiger partial charge in [-0.15, -0.1) is 11.3 Å². The highest BCUT2D eigenvalue weighted by molar-refractivity contribution is 7.12. The summed E-state index contributed by atoms with van der Waals surface area (Å²) in [5.74, 6) is -1.18. The van der Waals surface area contributed by atoms with Gasteiger partial charge in [-0.05, 0) is 42.0 Å². The van der Waals surface area contributed by atoms with E-state index in [1.807, 2.05) is 30.3 Å². The molecule has 0 atom stereocenters. The van der Waals surface area contributed by atoms with Crippen molar-refractivity contribution in [2.75, 3.05) is 11.9 Å². The molecule has 0 bridgehead atoms. The highest BCUT2D eigenvalue weighted by Gasteiger charge is 2.15. The zero-order chi connectivity index (χ0) is 25.6. The second kappa shape index (κ2) is 14.3. The largest absolute Gasteiger partial charge is 0.445 e. The van der Waals surface area contributed by atoms with Gasteiger partial charge in [0.2, 0.25) is 5.91 Å². The van der Waals surface area contributed by atoms with E-state index in [0.717, 1.165) is 12.0 Å². The molecule has 10 heteroatoms. The van der Waals surface area contributed by atoms with Crippen LogP contribution in [0.5, 0.6) is 0 Å². The maximum Gasteiger partial charge on any atom is 0.407 e. The number of amides is 4. The van der Waals surface area contributed by atoms with E-state index < -0.39 is 12.0 Å². The zero-order valence-corrected chi connectivity index (χ0v) is 20.4. The summed E-state index contributed by atoms with van der Waals surface area (Å²) in [7, 11) is 0. The molecule has 3 aromatic rings. The van der Waals surface area contributed by atoms with E-state index in [1.165, 1.54) is 11.3 Å². The lowest BCUT2D eigenvalue weighted by Gasteiger charge is -2.12. The second-order valence-corrected chi connectivity index (χ2v) is 8.73. The number of anilines is 1. The van der Waals surface area contributed by atoms with E-state index in [2.05, 4.69) is 21.5 Å². The van der Waals surface area contributed by atoms with Crippen molar-refractivity contribution in [1.82, 2.24) is 16.2 Å². The van der Waals surface area contributed by atoms with Crippen LogP contribution < -0.4 is 21.5 Å². The maximum atomic E-state index is 12.5. The lowest BCUT2D eigenvalue weighted by molar-refractivity contribution is -0.122. The van der Waals surface area contributed by atoms with Gasteiger partial charge in [-0.25, -0.2) is 4.79 Å². The third kappa shape index (κ3) is 8.88. The number of alkyl carbamates (subject to hydrolysis) is 1. The summed E-state index contributed by atoms with van der Waals surface area (Å²) in [6.07, 6.45) is 1.74. The van der Waals surface area contributed by atoms with Gasteiger partial charge in [-0.1, -0.05) is 55.0 Å². The molecule has 9 nitrogen and oxygen atoms in total. The fourth-order valence-electron chi connectivity index (χ4n) is 3.19. The van der Waals surface area contributed by atoms with Crippen molar-refractivity contribution in [3.8, 4) is 0 Å². The number of unbranched alkanes of at least 4 members (excludes halogenated alkanes) is 2. The Morgan fingerprint density at radius 3 is 2.33 bits per heavy atom. The van der Waals surface area contributed by atoms with E-state index in [9.17, 15) is 19.2 Å². The topological polar surface area (TPSA) is 126 Å². The first-order valence-electron chi connectivity index (χ1n) is 11.5. The molecule has 0 saturated carbocycles. The minimum atomic E-state index is -0.538. The molecule has 1 heterocycles. The van der Waals surface area contributed by atoms with Crippen LogP contribution in [0, 0.1) is 0 Å². The molecule has 0 unspecified atom stereocenters. The van der Waals surface area contributed by atoms with Crippen LogP contribution in [0.4, 0.5) is 10.5 Å². The normalized spacial score (nSPS) is 10.2. The number of thiophene rings is 1. The number of carbonyl (C=O) groups excluding carboxylic acids is 4. The Kier molecular flexibility index (Phi) is 10.5. The van der Waals surface area contributed by atoms with Crippen molar-refractivity contribution in [2.45, 2.75) is 32.3 Å². The summed E-state index contributed by atoms with van der Waals surface area (Å²) in [6.45, 7) is 0.657. The minimum Gasteiger partial charge on any atom is -0.445 e. The fraction of sp³-hybridized carbons (Fsp3) is 0.231. The van der Waals surface area contributed by atoms with Gasteiger partial charge in [0.1, 0.15) is 6.61 Å². The third-order valence-corrected chi connectivity index (χ3v) is 5.91. The number of hydrogen-bond acceptors (Lipinski definition) is 6. The number of nitrogens with one attached hydrogen (secondary N) is 4. The van der Waals surface area contributed by atoms with Gasteiger partial charge >= 0.3 is 6.09 Å². The number of benzene rings is 2. The van der Waals surface area contributed by atoms with Crippen molar-refractivity contribution < 1.29 is 23.9 Å². The standard InChI is InChI=1S/C26H28N4O5S/c31-23(15-5-2-8-16-27-26(34)35-18-19-10-3-1-4-11-19)29-30-24(32)20-12-6-7-13-21(20)28-25(33)22-14-9-17-36-22/h1,3-4,6-7,9-14,17H,2,5,8,15-16,18H2,(H,27,34)(H,28,33)(H,29,31)(H,30,32). The summed E-state index contributed by atoms with van der Waals surface area (Å²) in [6, 6.07) is 19.4. The van der Waals surface area contributed by atoms with Gasteiger partial charge < -0.3 is 15.4 Å². The quantitative estimate of drug-likeness (QED) is 0.228. The molecule has 0 spiro atoms. The number of hydrazine groups is 1. The Bertz CT molecular complexity index is 1150. The van der Waals surface area contributed by atoms with E-state index >= 15 is 0 Å². The minimum absolute atomic E-state index is 0.212. The summed E-state index contributed by atoms with van der Waals surface area (Å²) in [5.41, 5.74) is 6.26. The van der Waals surface area contributed by atoms with Crippen molar-refractivity contribution in [1.29, 1.82) is 0 Å². The van der Waals surface area contributed by atoms with Crippen molar-refractivity contribution in [3.63, 3.8) is 0 Å². The molecule has 2 aromatic carbocycles. The van der Waals surface area contributed by atoms with Gasteiger partial charge in [0, 0.05) is 13.0 Å². The molecule has 0 saturated heterocycles. The molecule has 0 aliphatic carbocycles. The predicted molar refractivity (Wildman–Crippen MR) is 137 cm³/mol. The molecule has 36 heavy (non-hydrogen) atoms. The number of carbonyl (C=O) groups is 4. The van der Waals surface area contributed by atoms with E-state index in [-0.39, 0.29) is 30.4 Å². The molecular formula is C26H28N4O5S. The smallest absolute Gasteiger partial charge is 0.407 e. The van der Waals surface area contributed by atoms with Crippen molar-refractivity contribution >= 4 is 40.8 Å². The van der Waals surface area contributed by atoms with Crippen LogP contribution in [-0.2, 0) is 16.1 Å². The van der Waals surface area contributed by atoms with Crippen LogP contribution in [0.3, 0.4) is 0 Å². The molecule has 0 fully saturated rings. The van der Waals surface area contributed by atoms with Gasteiger partial charge in [-0.2, -0.15) is 0 Å². The second-order valence-electron chi connectivity index (χ2n) is 7.78. The molecule has 4 N–H and O–H groups in total. The molecule has 4 amide bonds. The highest BCUT2D eigenvalue weighted by atomic mass is 32.1. The lowest BCUT2D eigenvalue weighted by Crippen LogP contribution is -2.41. The molecule has 0 aliphatic heterocycles. The van der Waals surface area contributed by atoms with Gasteiger partial charge in [0.25, 0.3) is 11.8 Å². The van der Waals surface area contributed by atoms with E-state index in [1.54, 1.807) is 41.8 Å². The van der Waals surface area contributed by atoms with Gasteiger partial charge in [0.05, 0.1) is 16.1 Å². The molecule has 0 radical (unpaired) electrons. The highest BCUT2D eigenvalue weighted by Crippen LogP contribution is 2.17. The monoisotopic (exact) mass is 508 g/mol. The predicted octanol–water partition coefficient (Wildman–Crippen LogP) is 4.25. The van der Waals surface area contributed by atoms with Crippen molar-refractivity contribution in [3.05, 3.63) is 88.1 Å². The lowest BCUT2D eigenvalue weighted by atomic mass is 10.1. The van der Waals surface area contributed by atoms with Crippen LogP contribution in [0.25, 0.3) is 0 Å². The molecular weight excluding hydrogens is 480 g/mol. The maximum absolute atomic E-state index is 12.5. The Balaban J connectivity index is 1.29. The molecule has 1 aromatic heterocycles. The van der Waals surface area contributed by atoms with Crippen LogP contribution in [-0.4, -0.2) is 30.4 Å². The fourth-order valence-corrected chi connectivity index (χ4v) is 3.81. The Morgan fingerprint density at radius 1 is 0.778 bits per heavy atom. The SMILES string of the molecule is O=C(CCCCCNC(=O)OCc1ccccc1)NNC(=O)c1ccccc1NC(=O)c1cccs1. The third-order valence-electron chi connectivity index (χ3n) is 5.04. The first kappa shape index (κ1) is 26.4. The number of para-hydroxylation sites is 1. The Morgan fingerprint density at radius 2 is 1.56 bits per heavy atom. The van der Waals surface area contributed by atoms with E-state index in [4.69, 9.17) is 4.74 Å². The first-order valence-corrected chi connectivity index (χ1v) is 12.4. The van der Waals surface area contributed by atoms with Crippen LogP contribution in [0.1, 0.15) is 51.3 Å². The zero-order valence-electron chi connectivity index (χ0n) is 19.6. The summed E-state index contributed by atoms with van der Waals surface area (Å²) >= 11 is 1.30. The average molecular weight is 509 g/mol. The van der Waals surface area contributed by atoms with Crippen LogP contribution in [0.2, 0.25) is 0 Å². The summed E-state index contributed by atoms with van der Waals surface area (Å²) in [4.78, 5) is 49.1.